The number of ether oxygens (including phenoxy) is 2. The number of aryl methyl sites for hydroxylation is 1. The summed E-state index contributed by atoms with van der Waals surface area (Å²) in [5.41, 5.74) is 2.73. The van der Waals surface area contributed by atoms with Crippen LogP contribution in [0.5, 0.6) is 5.75 Å². The Morgan fingerprint density at radius 1 is 1.24 bits per heavy atom. The average Bonchev–Trinajstić information content (AvgIpc) is 2.37. The van der Waals surface area contributed by atoms with E-state index in [-0.39, 0.29) is 0 Å². The Morgan fingerprint density at radius 2 is 1.90 bits per heavy atom. The molecule has 3 nitrogen and oxygen atoms in total. The molecule has 1 aliphatic heterocycles. The van der Waals surface area contributed by atoms with Crippen molar-refractivity contribution in [2.24, 2.45) is 0 Å². The molecule has 0 amide bonds. The summed E-state index contributed by atoms with van der Waals surface area (Å²) in [6, 6.07) is 6.46. The second-order valence-electron chi connectivity index (χ2n) is 6.69. The molecule has 2 atom stereocenters. The van der Waals surface area contributed by atoms with Crippen LogP contribution in [-0.2, 0) is 4.74 Å². The molecule has 0 aliphatic carbocycles. The second-order valence-corrected chi connectivity index (χ2v) is 6.69. The van der Waals surface area contributed by atoms with Crippen LogP contribution in [0.25, 0.3) is 0 Å². The van der Waals surface area contributed by atoms with Gasteiger partial charge in [-0.25, -0.2) is 0 Å². The molecular weight excluding hydrogens is 262 g/mol. The summed E-state index contributed by atoms with van der Waals surface area (Å²) >= 11 is 0. The van der Waals surface area contributed by atoms with Gasteiger partial charge in [0.05, 0.1) is 0 Å². The van der Waals surface area contributed by atoms with Crippen LogP contribution in [0, 0.1) is 6.92 Å². The zero-order valence-electron chi connectivity index (χ0n) is 14.1. The van der Waals surface area contributed by atoms with Crippen LogP contribution < -0.4 is 9.64 Å². The van der Waals surface area contributed by atoms with E-state index in [0.717, 1.165) is 32.0 Å². The van der Waals surface area contributed by atoms with Crippen molar-refractivity contribution < 1.29 is 14.4 Å². The first-order chi connectivity index (χ1) is 9.95. The van der Waals surface area contributed by atoms with E-state index >= 15 is 0 Å². The lowest BCUT2D eigenvalue weighted by Crippen LogP contribution is -3.16. The highest BCUT2D eigenvalue weighted by Gasteiger charge is 2.25. The standard InChI is InChI=1S/C18H29NO2/c1-13(2)18-7-6-17(10-14(18)3)20-9-8-19-11-15(4)21-16(5)12-19/h6-7,10,13,15-16H,8-9,11-12H2,1-5H3/p+1/t15-,16-/m0/s1. The van der Waals surface area contributed by atoms with Crippen molar-refractivity contribution in [2.75, 3.05) is 26.2 Å². The molecule has 0 aromatic heterocycles. The topological polar surface area (TPSA) is 22.9 Å². The molecule has 3 heteroatoms. The molecule has 0 bridgehead atoms. The molecule has 0 unspecified atom stereocenters. The van der Waals surface area contributed by atoms with Gasteiger partial charge in [-0.15, -0.1) is 0 Å². The normalized spacial score (nSPS) is 26.1. The van der Waals surface area contributed by atoms with Gasteiger partial charge in [0.1, 0.15) is 44.2 Å². The van der Waals surface area contributed by atoms with E-state index in [4.69, 9.17) is 9.47 Å². The monoisotopic (exact) mass is 292 g/mol. The smallest absolute Gasteiger partial charge is 0.137 e. The van der Waals surface area contributed by atoms with E-state index in [0.29, 0.717) is 18.1 Å². The first kappa shape index (κ1) is 16.3. The third-order valence-corrected chi connectivity index (χ3v) is 4.20. The number of benzene rings is 1. The second kappa shape index (κ2) is 7.28. The minimum Gasteiger partial charge on any atom is -0.488 e. The van der Waals surface area contributed by atoms with E-state index < -0.39 is 0 Å². The van der Waals surface area contributed by atoms with Crippen molar-refractivity contribution in [2.45, 2.75) is 52.7 Å². The van der Waals surface area contributed by atoms with Gasteiger partial charge < -0.3 is 14.4 Å². The lowest BCUT2D eigenvalue weighted by atomic mass is 9.98. The highest BCUT2D eigenvalue weighted by atomic mass is 16.5. The van der Waals surface area contributed by atoms with Gasteiger partial charge in [-0.1, -0.05) is 19.9 Å². The molecule has 0 radical (unpaired) electrons. The lowest BCUT2D eigenvalue weighted by Gasteiger charge is -2.32. The molecule has 1 aromatic carbocycles. The number of hydrogen-bond donors (Lipinski definition) is 1. The van der Waals surface area contributed by atoms with Crippen LogP contribution in [0.1, 0.15) is 44.7 Å². The zero-order chi connectivity index (χ0) is 15.4. The number of quaternary nitrogens is 1. The molecule has 1 aromatic rings. The Balaban J connectivity index is 1.82. The quantitative estimate of drug-likeness (QED) is 0.899. The van der Waals surface area contributed by atoms with Crippen molar-refractivity contribution in [3.05, 3.63) is 29.3 Å². The highest BCUT2D eigenvalue weighted by Crippen LogP contribution is 2.23. The summed E-state index contributed by atoms with van der Waals surface area (Å²) in [6.07, 6.45) is 0.715. The van der Waals surface area contributed by atoms with Gasteiger partial charge in [-0.05, 0) is 49.9 Å². The zero-order valence-corrected chi connectivity index (χ0v) is 14.1. The number of morpholine rings is 1. The third kappa shape index (κ3) is 4.72. The van der Waals surface area contributed by atoms with Gasteiger partial charge in [-0.3, -0.25) is 0 Å². The summed E-state index contributed by atoms with van der Waals surface area (Å²) in [5, 5.41) is 0. The minimum atomic E-state index is 0.358. The molecule has 118 valence electrons. The fraction of sp³-hybridized carbons (Fsp3) is 0.667. The van der Waals surface area contributed by atoms with Gasteiger partial charge in [-0.2, -0.15) is 0 Å². The molecule has 1 saturated heterocycles. The Hall–Kier alpha value is -1.06. The fourth-order valence-electron chi connectivity index (χ4n) is 3.29. The van der Waals surface area contributed by atoms with Crippen LogP contribution in [0.4, 0.5) is 0 Å². The van der Waals surface area contributed by atoms with Gasteiger partial charge in [0, 0.05) is 0 Å². The van der Waals surface area contributed by atoms with E-state index in [1.165, 1.54) is 11.1 Å². The maximum Gasteiger partial charge on any atom is 0.137 e. The molecule has 1 aliphatic rings. The Bertz CT molecular complexity index is 449. The van der Waals surface area contributed by atoms with Gasteiger partial charge in [0.25, 0.3) is 0 Å². The number of nitrogens with one attached hydrogen (secondary N) is 1. The first-order valence-electron chi connectivity index (χ1n) is 8.18. The van der Waals surface area contributed by atoms with Gasteiger partial charge >= 0.3 is 0 Å². The summed E-state index contributed by atoms with van der Waals surface area (Å²) in [4.78, 5) is 1.58. The average molecular weight is 292 g/mol. The van der Waals surface area contributed by atoms with Crippen LogP contribution in [0.15, 0.2) is 18.2 Å². The Labute approximate surface area is 129 Å². The molecular formula is C18H30NO2+. The summed E-state index contributed by atoms with van der Waals surface area (Å²) in [6.45, 7) is 14.9. The maximum absolute atomic E-state index is 5.93. The van der Waals surface area contributed by atoms with E-state index in [9.17, 15) is 0 Å². The third-order valence-electron chi connectivity index (χ3n) is 4.20. The van der Waals surface area contributed by atoms with Crippen LogP contribution in [0.2, 0.25) is 0 Å². The van der Waals surface area contributed by atoms with Gasteiger partial charge in [0.2, 0.25) is 0 Å². The van der Waals surface area contributed by atoms with Crippen molar-refractivity contribution in [3.8, 4) is 5.75 Å². The Kier molecular flexibility index (Phi) is 5.65. The maximum atomic E-state index is 5.93. The molecule has 21 heavy (non-hydrogen) atoms. The predicted molar refractivity (Wildman–Crippen MR) is 86.3 cm³/mol. The number of rotatable bonds is 5. The fourth-order valence-corrected chi connectivity index (χ4v) is 3.29. The molecule has 2 rings (SSSR count). The number of hydrogen-bond acceptors (Lipinski definition) is 2. The SMILES string of the molecule is Cc1cc(OCC[NH+]2C[C@H](C)O[C@@H](C)C2)ccc1C(C)C. The molecule has 0 saturated carbocycles. The Morgan fingerprint density at radius 3 is 2.48 bits per heavy atom. The van der Waals surface area contributed by atoms with Crippen LogP contribution >= 0.6 is 0 Å². The molecule has 0 spiro atoms. The molecule has 1 fully saturated rings. The highest BCUT2D eigenvalue weighted by molar-refractivity contribution is 5.36. The lowest BCUT2D eigenvalue weighted by molar-refractivity contribution is -0.915. The van der Waals surface area contributed by atoms with E-state index in [1.807, 2.05) is 0 Å². The van der Waals surface area contributed by atoms with Crippen molar-refractivity contribution in [1.29, 1.82) is 0 Å². The van der Waals surface area contributed by atoms with Crippen molar-refractivity contribution in [3.63, 3.8) is 0 Å². The molecule has 1 heterocycles. The first-order valence-corrected chi connectivity index (χ1v) is 8.18. The van der Waals surface area contributed by atoms with Crippen molar-refractivity contribution >= 4 is 0 Å². The van der Waals surface area contributed by atoms with E-state index in [1.54, 1.807) is 4.90 Å². The minimum absolute atomic E-state index is 0.358. The van der Waals surface area contributed by atoms with Crippen LogP contribution in [-0.4, -0.2) is 38.4 Å². The summed E-state index contributed by atoms with van der Waals surface area (Å²) in [7, 11) is 0. The molecule has 1 N–H and O–H groups in total. The summed E-state index contributed by atoms with van der Waals surface area (Å²) < 4.78 is 11.7. The van der Waals surface area contributed by atoms with E-state index in [2.05, 4.69) is 52.8 Å². The predicted octanol–water partition coefficient (Wildman–Crippen LogP) is 2.19. The van der Waals surface area contributed by atoms with Gasteiger partial charge in [0.15, 0.2) is 0 Å². The van der Waals surface area contributed by atoms with Crippen LogP contribution in [0.3, 0.4) is 0 Å². The van der Waals surface area contributed by atoms with Crippen molar-refractivity contribution in [1.82, 2.24) is 0 Å². The summed E-state index contributed by atoms with van der Waals surface area (Å²) in [5.74, 6) is 1.56. The largest absolute Gasteiger partial charge is 0.488 e.